The number of rotatable bonds is 6. The van der Waals surface area contributed by atoms with Crippen LogP contribution in [0.1, 0.15) is 57.1 Å². The molecule has 16 nitrogen and oxygen atoms in total. The van der Waals surface area contributed by atoms with Gasteiger partial charge in [0.25, 0.3) is 5.91 Å². The molecule has 4 aliphatic rings. The SMILES string of the molecule is C=C1OC(=O)[C@@H]2C[C@@H](C)CN2C(=O)[C@H](C)NC(=O)[C@@H]2CCCCN2C(=O)[C@@H]2C[C@H](O)CN2C(=O)[C@H]1NC(=O)[C@H](Cc1cc(F)cc(F)c1)NC(=O)Nc1ccc(C)cc1. The van der Waals surface area contributed by atoms with Gasteiger partial charge in [-0.2, -0.15) is 0 Å². The van der Waals surface area contributed by atoms with Gasteiger partial charge in [0.2, 0.25) is 23.6 Å². The fraction of sp³-hybridized carbons (Fsp3) is 0.488. The molecule has 0 unspecified atom stereocenters. The minimum atomic E-state index is -1.93. The number of aliphatic hydroxyl groups is 1. The van der Waals surface area contributed by atoms with E-state index in [1.165, 1.54) is 16.7 Å². The predicted molar refractivity (Wildman–Crippen MR) is 207 cm³/mol. The number of fused-ring (bicyclic) bond motifs is 3. The summed E-state index contributed by atoms with van der Waals surface area (Å²) in [5.74, 6) is -7.56. The maximum atomic E-state index is 14.7. The smallest absolute Gasteiger partial charge is 0.334 e. The monoisotopic (exact) mass is 821 g/mol. The van der Waals surface area contributed by atoms with Crippen molar-refractivity contribution in [3.05, 3.63) is 77.6 Å². The minimum absolute atomic E-state index is 0.0318. The number of hydrogen-bond acceptors (Lipinski definition) is 9. The van der Waals surface area contributed by atoms with E-state index in [9.17, 15) is 47.4 Å². The first-order valence-corrected chi connectivity index (χ1v) is 19.7. The number of esters is 1. The summed E-state index contributed by atoms with van der Waals surface area (Å²) in [4.78, 5) is 101. The molecule has 8 atom stereocenters. The molecule has 59 heavy (non-hydrogen) atoms. The number of hydrogen-bond donors (Lipinski definition) is 5. The highest BCUT2D eigenvalue weighted by atomic mass is 19.1. The van der Waals surface area contributed by atoms with Crippen molar-refractivity contribution in [2.75, 3.05) is 25.0 Å². The molecule has 6 rings (SSSR count). The van der Waals surface area contributed by atoms with Gasteiger partial charge < -0.3 is 45.8 Å². The van der Waals surface area contributed by atoms with E-state index in [4.69, 9.17) is 4.74 Å². The molecule has 4 saturated heterocycles. The number of amides is 7. The molecule has 0 saturated carbocycles. The van der Waals surface area contributed by atoms with Crippen molar-refractivity contribution >= 4 is 47.2 Å². The summed E-state index contributed by atoms with van der Waals surface area (Å²) in [6.45, 7) is 8.87. The third kappa shape index (κ3) is 9.87. The Hall–Kier alpha value is -5.91. The summed E-state index contributed by atoms with van der Waals surface area (Å²) < 4.78 is 34.3. The zero-order chi connectivity index (χ0) is 42.7. The lowest BCUT2D eigenvalue weighted by molar-refractivity contribution is -0.155. The number of cyclic esters (lactones) is 1. The lowest BCUT2D eigenvalue weighted by Crippen LogP contribution is -2.61. The van der Waals surface area contributed by atoms with Crippen LogP contribution in [-0.2, 0) is 39.9 Å². The number of urea groups is 1. The summed E-state index contributed by atoms with van der Waals surface area (Å²) in [6, 6.07) is 0.261. The molecule has 18 heteroatoms. The van der Waals surface area contributed by atoms with E-state index in [2.05, 4.69) is 27.8 Å². The van der Waals surface area contributed by atoms with E-state index in [0.717, 1.165) is 22.6 Å². The van der Waals surface area contributed by atoms with Gasteiger partial charge >= 0.3 is 12.0 Å². The van der Waals surface area contributed by atoms with Gasteiger partial charge in [-0.25, -0.2) is 18.4 Å². The Bertz CT molecular complexity index is 2000. The molecule has 0 spiro atoms. The zero-order valence-corrected chi connectivity index (χ0v) is 33.0. The van der Waals surface area contributed by atoms with E-state index in [1.54, 1.807) is 24.3 Å². The maximum Gasteiger partial charge on any atom is 0.334 e. The molecule has 4 fully saturated rings. The van der Waals surface area contributed by atoms with E-state index in [-0.39, 0.29) is 50.4 Å². The van der Waals surface area contributed by atoms with E-state index < -0.39 is 108 Å². The number of aliphatic hydroxyl groups excluding tert-OH is 1. The van der Waals surface area contributed by atoms with Crippen molar-refractivity contribution in [3.63, 3.8) is 0 Å². The largest absolute Gasteiger partial charge is 0.427 e. The fourth-order valence-corrected chi connectivity index (χ4v) is 8.16. The molecule has 316 valence electrons. The summed E-state index contributed by atoms with van der Waals surface area (Å²) in [7, 11) is 0. The third-order valence-electron chi connectivity index (χ3n) is 11.1. The molecule has 4 heterocycles. The number of nitrogens with one attached hydrogen (secondary N) is 4. The molecule has 0 aliphatic carbocycles. The first-order valence-electron chi connectivity index (χ1n) is 19.7. The van der Waals surface area contributed by atoms with Crippen LogP contribution >= 0.6 is 0 Å². The highest BCUT2D eigenvalue weighted by Gasteiger charge is 2.48. The second-order valence-electron chi connectivity index (χ2n) is 15.8. The third-order valence-corrected chi connectivity index (χ3v) is 11.1. The number of halogens is 2. The zero-order valence-electron chi connectivity index (χ0n) is 33.0. The summed E-state index contributed by atoms with van der Waals surface area (Å²) in [5, 5.41) is 21.1. The van der Waals surface area contributed by atoms with Gasteiger partial charge in [-0.1, -0.05) is 31.2 Å². The highest BCUT2D eigenvalue weighted by Crippen LogP contribution is 2.29. The normalized spacial score (nSPS) is 27.3. The minimum Gasteiger partial charge on any atom is -0.427 e. The summed E-state index contributed by atoms with van der Waals surface area (Å²) >= 11 is 0. The number of anilines is 1. The standard InChI is InChI=1S/C41H49F2N7O9/c1-21-8-10-28(11-9-21)45-41(58)46-30(16-25-14-26(42)17-27(43)15-25)35(52)47-34-24(4)59-40(57)33-13-22(2)19-49(33)37(54)23(3)44-36(53)31-7-5-6-12-48(31)38(55)32-18-29(51)20-50(32)39(34)56/h8-11,14-15,17,22-23,29-34,51H,4-7,12-13,16,18-20H2,1-3H3,(H,44,53)(H,47,52)(H2,45,46,58)/t22-,23+,29+,30+,31+,32+,33+,34+/m1/s1. The van der Waals surface area contributed by atoms with Crippen molar-refractivity contribution in [3.8, 4) is 0 Å². The Balaban J connectivity index is 1.36. The Morgan fingerprint density at radius 1 is 0.898 bits per heavy atom. The van der Waals surface area contributed by atoms with Gasteiger partial charge in [-0.3, -0.25) is 24.0 Å². The van der Waals surface area contributed by atoms with Crippen LogP contribution in [0.5, 0.6) is 0 Å². The van der Waals surface area contributed by atoms with Crippen molar-refractivity contribution < 1.29 is 52.2 Å². The van der Waals surface area contributed by atoms with E-state index >= 15 is 0 Å². The van der Waals surface area contributed by atoms with Crippen LogP contribution in [0.25, 0.3) is 0 Å². The highest BCUT2D eigenvalue weighted by molar-refractivity contribution is 5.99. The molecule has 7 amide bonds. The van der Waals surface area contributed by atoms with E-state index in [1.807, 2.05) is 13.8 Å². The average molecular weight is 822 g/mol. The van der Waals surface area contributed by atoms with E-state index in [0.29, 0.717) is 24.6 Å². The van der Waals surface area contributed by atoms with Gasteiger partial charge in [-0.15, -0.1) is 0 Å². The number of carbonyl (C=O) groups is 7. The van der Waals surface area contributed by atoms with Gasteiger partial charge in [0.1, 0.15) is 47.6 Å². The number of ether oxygens (including phenoxy) is 1. The van der Waals surface area contributed by atoms with Gasteiger partial charge in [0, 0.05) is 44.2 Å². The van der Waals surface area contributed by atoms with Crippen LogP contribution in [0.2, 0.25) is 0 Å². The lowest BCUT2D eigenvalue weighted by Gasteiger charge is -2.39. The number of carbonyl (C=O) groups excluding carboxylic acids is 7. The molecule has 5 N–H and O–H groups in total. The van der Waals surface area contributed by atoms with Crippen molar-refractivity contribution in [2.24, 2.45) is 5.92 Å². The van der Waals surface area contributed by atoms with Crippen LogP contribution in [-0.4, -0.2) is 123 Å². The Kier molecular flexibility index (Phi) is 13.0. The number of piperidine rings is 1. The molecule has 0 bridgehead atoms. The van der Waals surface area contributed by atoms with Crippen LogP contribution in [0.4, 0.5) is 19.3 Å². The first kappa shape index (κ1) is 42.7. The van der Waals surface area contributed by atoms with Crippen molar-refractivity contribution in [2.45, 2.75) is 102 Å². The van der Waals surface area contributed by atoms with Crippen LogP contribution in [0.15, 0.2) is 54.8 Å². The summed E-state index contributed by atoms with van der Waals surface area (Å²) in [5.41, 5.74) is 1.24. The number of aryl methyl sites for hydroxylation is 1. The summed E-state index contributed by atoms with van der Waals surface area (Å²) in [6.07, 6.45) is -0.311. The molecular weight excluding hydrogens is 772 g/mol. The Labute approximate surface area is 339 Å². The fourth-order valence-electron chi connectivity index (χ4n) is 8.16. The topological polar surface area (TPSA) is 207 Å². The second-order valence-corrected chi connectivity index (χ2v) is 15.8. The second kappa shape index (κ2) is 17.9. The van der Waals surface area contributed by atoms with Crippen LogP contribution in [0, 0.1) is 24.5 Å². The Morgan fingerprint density at radius 3 is 2.27 bits per heavy atom. The first-order chi connectivity index (χ1) is 28.0. The quantitative estimate of drug-likeness (QED) is 0.268. The molecule has 2 aromatic rings. The molecule has 4 aliphatic heterocycles. The van der Waals surface area contributed by atoms with Crippen LogP contribution in [0.3, 0.4) is 0 Å². The number of nitrogens with zero attached hydrogens (tertiary/aromatic N) is 3. The molecule has 2 aromatic carbocycles. The maximum absolute atomic E-state index is 14.7. The molecule has 0 radical (unpaired) electrons. The van der Waals surface area contributed by atoms with Gasteiger partial charge in [0.05, 0.1) is 6.10 Å². The van der Waals surface area contributed by atoms with Crippen molar-refractivity contribution in [1.82, 2.24) is 30.7 Å². The Morgan fingerprint density at radius 2 is 1.58 bits per heavy atom. The van der Waals surface area contributed by atoms with Gasteiger partial charge in [-0.05, 0) is 75.3 Å². The molecule has 0 aromatic heterocycles. The van der Waals surface area contributed by atoms with Crippen molar-refractivity contribution in [1.29, 1.82) is 0 Å². The number of benzene rings is 2. The van der Waals surface area contributed by atoms with Gasteiger partial charge in [0.15, 0.2) is 6.04 Å². The molecular formula is C41H49F2N7O9. The predicted octanol–water partition coefficient (Wildman–Crippen LogP) is 1.65. The average Bonchev–Trinajstić information content (AvgIpc) is 3.78. The lowest BCUT2D eigenvalue weighted by atomic mass is 9.99. The van der Waals surface area contributed by atoms with Crippen LogP contribution < -0.4 is 21.3 Å².